The fourth-order valence-corrected chi connectivity index (χ4v) is 4.60. The second-order valence-electron chi connectivity index (χ2n) is 7.29. The first kappa shape index (κ1) is 17.7. The highest BCUT2D eigenvalue weighted by molar-refractivity contribution is 6.00. The largest absolute Gasteiger partial charge is 0.477 e. The number of carboxylic acids is 1. The lowest BCUT2D eigenvalue weighted by atomic mass is 9.89. The van der Waals surface area contributed by atoms with E-state index in [0.717, 1.165) is 28.7 Å². The van der Waals surface area contributed by atoms with Crippen molar-refractivity contribution in [3.8, 4) is 5.75 Å². The summed E-state index contributed by atoms with van der Waals surface area (Å²) < 4.78 is 13.3. The summed E-state index contributed by atoms with van der Waals surface area (Å²) in [6, 6.07) is 6.84. The van der Waals surface area contributed by atoms with Crippen molar-refractivity contribution < 1.29 is 24.2 Å². The first-order valence-corrected chi connectivity index (χ1v) is 9.36. The highest BCUT2D eigenvalue weighted by atomic mass is 16.6. The molecule has 2 aromatic rings. The molecule has 148 valence electrons. The van der Waals surface area contributed by atoms with Gasteiger partial charge in [-0.1, -0.05) is 12.1 Å². The number of carbonyl (C=O) groups is 2. The summed E-state index contributed by atoms with van der Waals surface area (Å²) in [6.07, 6.45) is 1.83. The summed E-state index contributed by atoms with van der Waals surface area (Å²) in [5, 5.41) is 11.8. The van der Waals surface area contributed by atoms with Crippen molar-refractivity contribution in [3.63, 3.8) is 0 Å². The van der Waals surface area contributed by atoms with Crippen molar-refractivity contribution in [3.05, 3.63) is 63.1 Å². The lowest BCUT2D eigenvalue weighted by Crippen LogP contribution is -2.31. The summed E-state index contributed by atoms with van der Waals surface area (Å²) >= 11 is 0. The summed E-state index contributed by atoms with van der Waals surface area (Å²) in [5.74, 6) is -0.779. The van der Waals surface area contributed by atoms with Gasteiger partial charge in [0.25, 0.3) is 0 Å². The van der Waals surface area contributed by atoms with Crippen molar-refractivity contribution in [1.29, 1.82) is 0 Å². The molecule has 0 radical (unpaired) electrons. The Kier molecular flexibility index (Phi) is 3.85. The number of aromatic carboxylic acids is 1. The van der Waals surface area contributed by atoms with Gasteiger partial charge in [0.1, 0.15) is 17.4 Å². The maximum atomic E-state index is 12.4. The van der Waals surface area contributed by atoms with Crippen LogP contribution >= 0.6 is 0 Å². The number of ether oxygens (including phenoxy) is 2. The summed E-state index contributed by atoms with van der Waals surface area (Å²) in [4.78, 5) is 35.6. The monoisotopic (exact) mass is 394 g/mol. The zero-order chi connectivity index (χ0) is 20.3. The Balaban J connectivity index is 1.69. The Hall–Kier alpha value is -3.39. The number of carboxylic acid groups (broad SMARTS) is 1. The molecule has 3 heterocycles. The molecule has 3 aliphatic rings. The Morgan fingerprint density at radius 3 is 2.93 bits per heavy atom. The van der Waals surface area contributed by atoms with E-state index in [1.165, 1.54) is 19.3 Å². The van der Waals surface area contributed by atoms with Crippen LogP contribution in [0.2, 0.25) is 0 Å². The van der Waals surface area contributed by atoms with Gasteiger partial charge in [0.15, 0.2) is 5.43 Å². The van der Waals surface area contributed by atoms with Crippen molar-refractivity contribution in [2.24, 2.45) is 0 Å². The smallest absolute Gasteiger partial charge is 0.412 e. The molecule has 1 aromatic carbocycles. The molecular formula is C21H18N2O6. The molecule has 0 bridgehead atoms. The van der Waals surface area contributed by atoms with E-state index in [2.05, 4.69) is 5.32 Å². The quantitative estimate of drug-likeness (QED) is 0.808. The molecule has 5 rings (SSSR count). The van der Waals surface area contributed by atoms with Gasteiger partial charge in [-0.15, -0.1) is 0 Å². The number of aromatic nitrogens is 1. The zero-order valence-electron chi connectivity index (χ0n) is 15.6. The predicted octanol–water partition coefficient (Wildman–Crippen LogP) is 2.08. The van der Waals surface area contributed by atoms with Gasteiger partial charge in [0.2, 0.25) is 0 Å². The van der Waals surface area contributed by atoms with Crippen LogP contribution in [0.3, 0.4) is 0 Å². The number of hydrogen-bond acceptors (Lipinski definition) is 5. The minimum absolute atomic E-state index is 0.0862. The lowest BCUT2D eigenvalue weighted by Gasteiger charge is -2.32. The van der Waals surface area contributed by atoms with Crippen LogP contribution in [-0.2, 0) is 11.2 Å². The number of allylic oxidation sites excluding steroid dienone is 1. The van der Waals surface area contributed by atoms with Crippen molar-refractivity contribution in [2.75, 3.05) is 13.7 Å². The molecule has 8 heteroatoms. The standard InChI is InChI=1S/C21H18N2O6/c1-22-21(27)29-17-4-2-3-10-11(17)7-12-15-8-16(24)13(20(25)26)9-23(15)14-5-6-28-19(14)18(10)12/h2-4,8-9,14,19H,5-7H2,1H3,(H,22,27)(H,25,26)/t14-,19+/m1/s1. The summed E-state index contributed by atoms with van der Waals surface area (Å²) in [7, 11) is 1.49. The van der Waals surface area contributed by atoms with Gasteiger partial charge in [0, 0.05) is 43.6 Å². The van der Waals surface area contributed by atoms with Crippen molar-refractivity contribution in [1.82, 2.24) is 9.88 Å². The van der Waals surface area contributed by atoms with E-state index >= 15 is 0 Å². The number of hydrogen-bond donors (Lipinski definition) is 2. The zero-order valence-corrected chi connectivity index (χ0v) is 15.6. The number of carbonyl (C=O) groups excluding carboxylic acids is 1. The maximum absolute atomic E-state index is 12.4. The summed E-state index contributed by atoms with van der Waals surface area (Å²) in [6.45, 7) is 0.545. The van der Waals surface area contributed by atoms with Gasteiger partial charge in [0.05, 0.1) is 6.04 Å². The molecule has 0 spiro atoms. The minimum atomic E-state index is -1.24. The third-order valence-electron chi connectivity index (χ3n) is 5.83. The number of nitrogens with zero attached hydrogens (tertiary/aromatic N) is 1. The molecule has 1 fully saturated rings. The Bertz CT molecular complexity index is 1160. The molecule has 1 aliphatic carbocycles. The molecule has 1 aromatic heterocycles. The van der Waals surface area contributed by atoms with Crippen LogP contribution in [0, 0.1) is 0 Å². The van der Waals surface area contributed by atoms with Crippen LogP contribution < -0.4 is 15.5 Å². The van der Waals surface area contributed by atoms with Crippen molar-refractivity contribution >= 4 is 23.2 Å². The van der Waals surface area contributed by atoms with E-state index in [-0.39, 0.29) is 17.7 Å². The average Bonchev–Trinajstić information content (AvgIpc) is 3.32. The summed E-state index contributed by atoms with van der Waals surface area (Å²) in [5.41, 5.74) is 3.63. The fraction of sp³-hybridized carbons (Fsp3) is 0.286. The normalized spacial score (nSPS) is 21.1. The van der Waals surface area contributed by atoms with Gasteiger partial charge in [-0.05, 0) is 29.2 Å². The van der Waals surface area contributed by atoms with E-state index < -0.39 is 17.5 Å². The number of fused-ring (bicyclic) bond motifs is 7. The Morgan fingerprint density at radius 1 is 1.34 bits per heavy atom. The molecular weight excluding hydrogens is 376 g/mol. The highest BCUT2D eigenvalue weighted by Gasteiger charge is 2.43. The number of pyridine rings is 1. The van der Waals surface area contributed by atoms with E-state index in [9.17, 15) is 19.5 Å². The molecule has 2 aliphatic heterocycles. The Labute approximate surface area is 165 Å². The van der Waals surface area contributed by atoms with Crippen LogP contribution in [0.4, 0.5) is 4.79 Å². The number of nitrogens with one attached hydrogen (secondary N) is 1. The minimum Gasteiger partial charge on any atom is -0.477 e. The maximum Gasteiger partial charge on any atom is 0.412 e. The lowest BCUT2D eigenvalue weighted by molar-refractivity contribution is 0.0693. The Morgan fingerprint density at radius 2 is 2.17 bits per heavy atom. The van der Waals surface area contributed by atoms with Crippen LogP contribution in [-0.4, -0.2) is 41.5 Å². The third kappa shape index (κ3) is 2.52. The van der Waals surface area contributed by atoms with E-state index in [1.807, 2.05) is 16.7 Å². The second-order valence-corrected chi connectivity index (χ2v) is 7.29. The van der Waals surface area contributed by atoms with Crippen LogP contribution in [0.1, 0.15) is 39.6 Å². The first-order chi connectivity index (χ1) is 14.0. The number of amides is 1. The highest BCUT2D eigenvalue weighted by Crippen LogP contribution is 2.51. The molecule has 0 unspecified atom stereocenters. The van der Waals surface area contributed by atoms with E-state index in [0.29, 0.717) is 24.5 Å². The molecule has 2 N–H and O–H groups in total. The number of benzene rings is 1. The fourth-order valence-electron chi connectivity index (χ4n) is 4.60. The first-order valence-electron chi connectivity index (χ1n) is 9.36. The molecule has 29 heavy (non-hydrogen) atoms. The molecule has 2 atom stereocenters. The predicted molar refractivity (Wildman–Crippen MR) is 103 cm³/mol. The average molecular weight is 394 g/mol. The van der Waals surface area contributed by atoms with Crippen LogP contribution in [0.25, 0.3) is 11.1 Å². The van der Waals surface area contributed by atoms with Crippen molar-refractivity contribution in [2.45, 2.75) is 25.0 Å². The van der Waals surface area contributed by atoms with Gasteiger partial charge in [-0.25, -0.2) is 9.59 Å². The van der Waals surface area contributed by atoms with Gasteiger partial charge in [-0.3, -0.25) is 4.79 Å². The van der Waals surface area contributed by atoms with Gasteiger partial charge >= 0.3 is 12.1 Å². The molecule has 0 saturated carbocycles. The molecule has 1 amide bonds. The molecule has 8 nitrogen and oxygen atoms in total. The molecule has 1 saturated heterocycles. The second kappa shape index (κ2) is 6.31. The van der Waals surface area contributed by atoms with Gasteiger partial charge < -0.3 is 24.5 Å². The van der Waals surface area contributed by atoms with E-state index in [4.69, 9.17) is 9.47 Å². The van der Waals surface area contributed by atoms with Crippen LogP contribution in [0.5, 0.6) is 5.75 Å². The third-order valence-corrected chi connectivity index (χ3v) is 5.83. The van der Waals surface area contributed by atoms with Gasteiger partial charge in [-0.2, -0.15) is 0 Å². The topological polar surface area (TPSA) is 107 Å². The van der Waals surface area contributed by atoms with Crippen LogP contribution in [0.15, 0.2) is 35.3 Å². The SMILES string of the molecule is CNC(=O)Oc1cccc2c1CC1=C2[C@H]2OCC[C@H]2n2cc(C(=O)O)c(=O)cc21. The number of rotatable bonds is 2. The van der Waals surface area contributed by atoms with E-state index in [1.54, 1.807) is 6.07 Å².